The molecule has 0 atom stereocenters. The number of nitrogens with zero attached hydrogens (tertiary/aromatic N) is 3. The standard InChI is InChI=1S/C17H17N5O/c1-23-16-12(8-10-4-2-3-5-13(10)20-16)14-9-15(19-11-6-7-11)22-17(18)21-14/h2-5,8-9,11H,6-7H2,1H3,(H3,18,19,21,22). The van der Waals surface area contributed by atoms with Crippen LogP contribution in [0.5, 0.6) is 5.88 Å². The first-order valence-corrected chi connectivity index (χ1v) is 7.58. The molecular formula is C17H17N5O. The van der Waals surface area contributed by atoms with E-state index in [2.05, 4.69) is 20.3 Å². The van der Waals surface area contributed by atoms with E-state index in [0.29, 0.717) is 17.6 Å². The van der Waals surface area contributed by atoms with Crippen molar-refractivity contribution in [3.05, 3.63) is 36.4 Å². The van der Waals surface area contributed by atoms with Crippen LogP contribution in [0.3, 0.4) is 0 Å². The molecule has 0 saturated heterocycles. The second-order valence-corrected chi connectivity index (χ2v) is 5.65. The van der Waals surface area contributed by atoms with Crippen molar-refractivity contribution < 1.29 is 4.74 Å². The van der Waals surface area contributed by atoms with Crippen LogP contribution in [0.4, 0.5) is 11.8 Å². The van der Waals surface area contributed by atoms with Gasteiger partial charge in [0.05, 0.1) is 23.9 Å². The Hall–Kier alpha value is -2.89. The van der Waals surface area contributed by atoms with Crippen molar-refractivity contribution in [1.82, 2.24) is 15.0 Å². The highest BCUT2D eigenvalue weighted by molar-refractivity contribution is 5.86. The molecule has 3 aromatic rings. The molecular weight excluding hydrogens is 290 g/mol. The summed E-state index contributed by atoms with van der Waals surface area (Å²) >= 11 is 0. The zero-order valence-corrected chi connectivity index (χ0v) is 12.8. The first kappa shape index (κ1) is 13.8. The van der Waals surface area contributed by atoms with E-state index in [1.165, 1.54) is 12.8 Å². The maximum Gasteiger partial charge on any atom is 0.223 e. The maximum absolute atomic E-state index is 5.87. The van der Waals surface area contributed by atoms with Gasteiger partial charge in [0.2, 0.25) is 11.8 Å². The average Bonchev–Trinajstić information content (AvgIpc) is 3.37. The summed E-state index contributed by atoms with van der Waals surface area (Å²) in [6.07, 6.45) is 2.33. The monoisotopic (exact) mass is 307 g/mol. The quantitative estimate of drug-likeness (QED) is 0.771. The maximum atomic E-state index is 5.87. The summed E-state index contributed by atoms with van der Waals surface area (Å²) in [7, 11) is 1.61. The summed E-state index contributed by atoms with van der Waals surface area (Å²) in [6, 6.07) is 12.3. The predicted octanol–water partition coefficient (Wildman–Crippen LogP) is 2.86. The van der Waals surface area contributed by atoms with Crippen molar-refractivity contribution in [2.24, 2.45) is 0 Å². The van der Waals surface area contributed by atoms with Crippen LogP contribution < -0.4 is 15.8 Å². The zero-order chi connectivity index (χ0) is 15.8. The van der Waals surface area contributed by atoms with Crippen LogP contribution in [0.1, 0.15) is 12.8 Å². The lowest BCUT2D eigenvalue weighted by Crippen LogP contribution is -2.07. The van der Waals surface area contributed by atoms with E-state index in [1.54, 1.807) is 7.11 Å². The van der Waals surface area contributed by atoms with Gasteiger partial charge in [0.1, 0.15) is 5.82 Å². The van der Waals surface area contributed by atoms with Gasteiger partial charge in [-0.1, -0.05) is 18.2 Å². The highest BCUT2D eigenvalue weighted by atomic mass is 16.5. The fraction of sp³-hybridized carbons (Fsp3) is 0.235. The Balaban J connectivity index is 1.85. The first-order valence-electron chi connectivity index (χ1n) is 7.58. The summed E-state index contributed by atoms with van der Waals surface area (Å²) in [5.74, 6) is 1.50. The number of nitrogens with two attached hydrogens (primary N) is 1. The zero-order valence-electron chi connectivity index (χ0n) is 12.8. The van der Waals surface area contributed by atoms with Gasteiger partial charge in [0.25, 0.3) is 0 Å². The molecule has 1 aliphatic rings. The fourth-order valence-electron chi connectivity index (χ4n) is 2.55. The summed E-state index contributed by atoms with van der Waals surface area (Å²) < 4.78 is 5.45. The molecule has 6 nitrogen and oxygen atoms in total. The van der Waals surface area contributed by atoms with Crippen molar-refractivity contribution in [1.29, 1.82) is 0 Å². The van der Waals surface area contributed by atoms with Gasteiger partial charge >= 0.3 is 0 Å². The van der Waals surface area contributed by atoms with Gasteiger partial charge in [-0.3, -0.25) is 0 Å². The minimum Gasteiger partial charge on any atom is -0.480 e. The number of rotatable bonds is 4. The van der Waals surface area contributed by atoms with Crippen LogP contribution in [0.25, 0.3) is 22.2 Å². The number of nitrogens with one attached hydrogen (secondary N) is 1. The number of fused-ring (bicyclic) bond motifs is 1. The lowest BCUT2D eigenvalue weighted by molar-refractivity contribution is 0.401. The van der Waals surface area contributed by atoms with Crippen LogP contribution in [-0.4, -0.2) is 28.1 Å². The molecule has 0 unspecified atom stereocenters. The summed E-state index contributed by atoms with van der Waals surface area (Å²) in [4.78, 5) is 13.2. The Morgan fingerprint density at radius 3 is 2.74 bits per heavy atom. The Bertz CT molecular complexity index is 876. The van der Waals surface area contributed by atoms with Crippen LogP contribution in [0.2, 0.25) is 0 Å². The normalized spacial score (nSPS) is 14.0. The number of hydrogen-bond acceptors (Lipinski definition) is 6. The molecule has 0 radical (unpaired) electrons. The Morgan fingerprint density at radius 2 is 1.96 bits per heavy atom. The van der Waals surface area contributed by atoms with E-state index in [0.717, 1.165) is 22.3 Å². The summed E-state index contributed by atoms with van der Waals surface area (Å²) in [6.45, 7) is 0. The molecule has 0 aliphatic heterocycles. The third-order valence-corrected chi connectivity index (χ3v) is 3.83. The average molecular weight is 307 g/mol. The first-order chi connectivity index (χ1) is 11.2. The van der Waals surface area contributed by atoms with E-state index in [1.807, 2.05) is 36.4 Å². The van der Waals surface area contributed by atoms with Crippen LogP contribution >= 0.6 is 0 Å². The number of nitrogen functional groups attached to an aromatic ring is 1. The van der Waals surface area contributed by atoms with Crippen LogP contribution in [0.15, 0.2) is 36.4 Å². The SMILES string of the molecule is COc1nc2ccccc2cc1-c1cc(NC2CC2)nc(N)n1. The second-order valence-electron chi connectivity index (χ2n) is 5.65. The van der Waals surface area contributed by atoms with Gasteiger partial charge in [0.15, 0.2) is 0 Å². The molecule has 2 aromatic heterocycles. The molecule has 6 heteroatoms. The number of benzene rings is 1. The van der Waals surface area contributed by atoms with Crippen molar-refractivity contribution in [3.8, 4) is 17.1 Å². The number of aromatic nitrogens is 3. The Labute approximate surface area is 133 Å². The predicted molar refractivity (Wildman–Crippen MR) is 90.4 cm³/mol. The molecule has 0 amide bonds. The largest absolute Gasteiger partial charge is 0.480 e. The molecule has 1 aromatic carbocycles. The summed E-state index contributed by atoms with van der Waals surface area (Å²) in [5.41, 5.74) is 8.26. The van der Waals surface area contributed by atoms with E-state index < -0.39 is 0 Å². The molecule has 116 valence electrons. The number of ether oxygens (including phenoxy) is 1. The Morgan fingerprint density at radius 1 is 1.13 bits per heavy atom. The number of pyridine rings is 1. The number of anilines is 2. The molecule has 1 saturated carbocycles. The molecule has 3 N–H and O–H groups in total. The number of para-hydroxylation sites is 1. The molecule has 1 aliphatic carbocycles. The number of methoxy groups -OCH3 is 1. The highest BCUT2D eigenvalue weighted by Crippen LogP contribution is 2.32. The van der Waals surface area contributed by atoms with E-state index in [-0.39, 0.29) is 5.95 Å². The molecule has 0 spiro atoms. The van der Waals surface area contributed by atoms with Crippen LogP contribution in [-0.2, 0) is 0 Å². The van der Waals surface area contributed by atoms with Gasteiger partial charge in [-0.25, -0.2) is 9.97 Å². The third kappa shape index (κ3) is 2.75. The number of hydrogen-bond donors (Lipinski definition) is 2. The van der Waals surface area contributed by atoms with Gasteiger partial charge in [-0.05, 0) is 25.0 Å². The van der Waals surface area contributed by atoms with Gasteiger partial charge in [0, 0.05) is 17.5 Å². The van der Waals surface area contributed by atoms with E-state index in [4.69, 9.17) is 10.5 Å². The van der Waals surface area contributed by atoms with E-state index in [9.17, 15) is 0 Å². The second kappa shape index (κ2) is 5.39. The van der Waals surface area contributed by atoms with Crippen LogP contribution in [0, 0.1) is 0 Å². The molecule has 23 heavy (non-hydrogen) atoms. The minimum atomic E-state index is 0.237. The van der Waals surface area contributed by atoms with E-state index >= 15 is 0 Å². The molecule has 1 fully saturated rings. The Kier molecular flexibility index (Phi) is 3.22. The topological polar surface area (TPSA) is 86.0 Å². The fourth-order valence-corrected chi connectivity index (χ4v) is 2.55. The molecule has 0 bridgehead atoms. The van der Waals surface area contributed by atoms with Gasteiger partial charge in [-0.15, -0.1) is 0 Å². The molecule has 4 rings (SSSR count). The van der Waals surface area contributed by atoms with Crippen molar-refractivity contribution in [3.63, 3.8) is 0 Å². The smallest absolute Gasteiger partial charge is 0.223 e. The minimum absolute atomic E-state index is 0.237. The lowest BCUT2D eigenvalue weighted by Gasteiger charge is -2.11. The van der Waals surface area contributed by atoms with Crippen molar-refractivity contribution in [2.75, 3.05) is 18.2 Å². The lowest BCUT2D eigenvalue weighted by atomic mass is 10.1. The van der Waals surface area contributed by atoms with Crippen molar-refractivity contribution in [2.45, 2.75) is 18.9 Å². The van der Waals surface area contributed by atoms with Gasteiger partial charge < -0.3 is 15.8 Å². The molecule has 2 heterocycles. The highest BCUT2D eigenvalue weighted by Gasteiger charge is 2.22. The third-order valence-electron chi connectivity index (χ3n) is 3.83. The van der Waals surface area contributed by atoms with Crippen molar-refractivity contribution >= 4 is 22.7 Å². The summed E-state index contributed by atoms with van der Waals surface area (Å²) in [5, 5.41) is 4.37. The van der Waals surface area contributed by atoms with Gasteiger partial charge in [-0.2, -0.15) is 4.98 Å².